The molecule has 2 nitrogen and oxygen atoms in total. The predicted molar refractivity (Wildman–Crippen MR) is 57.9 cm³/mol. The fourth-order valence-electron chi connectivity index (χ4n) is 1.61. The number of hydrogen-bond donors (Lipinski definition) is 0. The van der Waals surface area contributed by atoms with Crippen molar-refractivity contribution in [1.82, 2.24) is 0 Å². The number of hydrogen-bond acceptors (Lipinski definition) is 2. The van der Waals surface area contributed by atoms with Crippen LogP contribution in [0.2, 0.25) is 0 Å². The molecule has 0 bridgehead atoms. The lowest BCUT2D eigenvalue weighted by atomic mass is 10.0. The van der Waals surface area contributed by atoms with Gasteiger partial charge in [-0.3, -0.25) is 4.79 Å². The number of furan rings is 1. The lowest BCUT2D eigenvalue weighted by molar-refractivity contribution is 0.103. The topological polar surface area (TPSA) is 30.2 Å². The second kappa shape index (κ2) is 4.49. The van der Waals surface area contributed by atoms with E-state index in [-0.39, 0.29) is 11.3 Å². The highest BCUT2D eigenvalue weighted by Gasteiger charge is 2.16. The molecule has 0 atom stereocenters. The van der Waals surface area contributed by atoms with Crippen LogP contribution in [0.15, 0.2) is 34.9 Å². The van der Waals surface area contributed by atoms with Gasteiger partial charge in [-0.2, -0.15) is 0 Å². The van der Waals surface area contributed by atoms with Crippen molar-refractivity contribution in [2.24, 2.45) is 0 Å². The lowest BCUT2D eigenvalue weighted by Crippen LogP contribution is -2.03. The van der Waals surface area contributed by atoms with Crippen LogP contribution in [0.1, 0.15) is 28.6 Å². The SMILES string of the molecule is CCc1occc1C(=O)c1ccc(F)c(F)c1. The van der Waals surface area contributed by atoms with E-state index in [2.05, 4.69) is 0 Å². The van der Waals surface area contributed by atoms with Crippen molar-refractivity contribution in [2.75, 3.05) is 0 Å². The van der Waals surface area contributed by atoms with Crippen molar-refractivity contribution in [3.8, 4) is 0 Å². The minimum Gasteiger partial charge on any atom is -0.469 e. The molecule has 2 rings (SSSR count). The number of ketones is 1. The van der Waals surface area contributed by atoms with Gasteiger partial charge in [0, 0.05) is 12.0 Å². The van der Waals surface area contributed by atoms with E-state index in [0.717, 1.165) is 12.1 Å². The maximum Gasteiger partial charge on any atom is 0.196 e. The molecule has 1 heterocycles. The second-order valence-electron chi connectivity index (χ2n) is 3.57. The Hall–Kier alpha value is -1.97. The second-order valence-corrected chi connectivity index (χ2v) is 3.57. The van der Waals surface area contributed by atoms with Gasteiger partial charge in [0.1, 0.15) is 5.76 Å². The summed E-state index contributed by atoms with van der Waals surface area (Å²) < 4.78 is 30.9. The Kier molecular flexibility index (Phi) is 3.04. The largest absolute Gasteiger partial charge is 0.469 e. The molecule has 0 aliphatic rings. The molecular weight excluding hydrogens is 226 g/mol. The first-order valence-electron chi connectivity index (χ1n) is 5.19. The molecule has 0 aliphatic heterocycles. The van der Waals surface area contributed by atoms with Gasteiger partial charge in [0.2, 0.25) is 0 Å². The maximum atomic E-state index is 13.0. The Bertz CT molecular complexity index is 558. The van der Waals surface area contributed by atoms with E-state index in [1.165, 1.54) is 18.4 Å². The summed E-state index contributed by atoms with van der Waals surface area (Å²) in [5, 5.41) is 0. The molecule has 1 aromatic heterocycles. The van der Waals surface area contributed by atoms with E-state index in [1.54, 1.807) is 0 Å². The van der Waals surface area contributed by atoms with Gasteiger partial charge in [0.05, 0.1) is 11.8 Å². The average Bonchev–Trinajstić information content (AvgIpc) is 2.80. The van der Waals surface area contributed by atoms with Gasteiger partial charge in [-0.1, -0.05) is 6.92 Å². The van der Waals surface area contributed by atoms with Crippen molar-refractivity contribution in [1.29, 1.82) is 0 Å². The van der Waals surface area contributed by atoms with E-state index >= 15 is 0 Å². The molecule has 0 spiro atoms. The van der Waals surface area contributed by atoms with Crippen molar-refractivity contribution in [2.45, 2.75) is 13.3 Å². The summed E-state index contributed by atoms with van der Waals surface area (Å²) in [6.07, 6.45) is 1.98. The summed E-state index contributed by atoms with van der Waals surface area (Å²) in [4.78, 5) is 12.0. The maximum absolute atomic E-state index is 13.0. The summed E-state index contributed by atoms with van der Waals surface area (Å²) in [6, 6.07) is 4.62. The third-order valence-corrected chi connectivity index (χ3v) is 2.49. The molecule has 2 aromatic rings. The highest BCUT2D eigenvalue weighted by Crippen LogP contribution is 2.18. The van der Waals surface area contributed by atoms with Gasteiger partial charge in [-0.15, -0.1) is 0 Å². The van der Waals surface area contributed by atoms with Gasteiger partial charge in [-0.25, -0.2) is 8.78 Å². The monoisotopic (exact) mass is 236 g/mol. The fraction of sp³-hybridized carbons (Fsp3) is 0.154. The van der Waals surface area contributed by atoms with Gasteiger partial charge in [0.15, 0.2) is 17.4 Å². The highest BCUT2D eigenvalue weighted by atomic mass is 19.2. The average molecular weight is 236 g/mol. The molecule has 0 unspecified atom stereocenters. The van der Waals surface area contributed by atoms with E-state index in [9.17, 15) is 13.6 Å². The summed E-state index contributed by atoms with van der Waals surface area (Å²) in [5.41, 5.74) is 0.499. The summed E-state index contributed by atoms with van der Waals surface area (Å²) in [6.45, 7) is 1.85. The number of rotatable bonds is 3. The number of carbonyl (C=O) groups is 1. The Labute approximate surface area is 96.9 Å². The van der Waals surface area contributed by atoms with Crippen LogP contribution in [0.4, 0.5) is 8.78 Å². The van der Waals surface area contributed by atoms with Crippen molar-refractivity contribution in [3.63, 3.8) is 0 Å². The third-order valence-electron chi connectivity index (χ3n) is 2.49. The molecule has 0 N–H and O–H groups in total. The molecule has 0 saturated carbocycles. The molecule has 0 saturated heterocycles. The van der Waals surface area contributed by atoms with Crippen molar-refractivity contribution in [3.05, 3.63) is 59.1 Å². The molecule has 17 heavy (non-hydrogen) atoms. The van der Waals surface area contributed by atoms with E-state index in [0.29, 0.717) is 17.7 Å². The van der Waals surface area contributed by atoms with Crippen LogP contribution < -0.4 is 0 Å². The third kappa shape index (κ3) is 2.11. The van der Waals surface area contributed by atoms with Crippen LogP contribution in [-0.2, 0) is 6.42 Å². The zero-order valence-corrected chi connectivity index (χ0v) is 9.17. The summed E-state index contributed by atoms with van der Waals surface area (Å²) in [7, 11) is 0. The van der Waals surface area contributed by atoms with Crippen molar-refractivity contribution >= 4 is 5.78 Å². The van der Waals surface area contributed by atoms with Gasteiger partial charge < -0.3 is 4.42 Å². The molecule has 0 radical (unpaired) electrons. The van der Waals surface area contributed by atoms with Gasteiger partial charge >= 0.3 is 0 Å². The van der Waals surface area contributed by atoms with Crippen LogP contribution in [-0.4, -0.2) is 5.78 Å². The first kappa shape index (κ1) is 11.5. The first-order valence-corrected chi connectivity index (χ1v) is 5.19. The smallest absolute Gasteiger partial charge is 0.196 e. The zero-order valence-electron chi connectivity index (χ0n) is 9.17. The molecule has 0 amide bonds. The fourth-order valence-corrected chi connectivity index (χ4v) is 1.61. The first-order chi connectivity index (χ1) is 8.13. The molecule has 4 heteroatoms. The zero-order chi connectivity index (χ0) is 12.4. The standard InChI is InChI=1S/C13H10F2O2/c1-2-12-9(5-6-17-12)13(16)8-3-4-10(14)11(15)7-8/h3-7H,2H2,1H3. The van der Waals surface area contributed by atoms with E-state index < -0.39 is 11.6 Å². The number of carbonyl (C=O) groups excluding carboxylic acids is 1. The van der Waals surface area contributed by atoms with Crippen LogP contribution in [0.5, 0.6) is 0 Å². The summed E-state index contributed by atoms with van der Waals surface area (Å²) in [5.74, 6) is -1.82. The Balaban J connectivity index is 2.40. The normalized spacial score (nSPS) is 10.5. The Morgan fingerprint density at radius 3 is 2.65 bits per heavy atom. The molecule has 0 fully saturated rings. The van der Waals surface area contributed by atoms with E-state index in [4.69, 9.17) is 4.42 Å². The van der Waals surface area contributed by atoms with Crippen LogP contribution >= 0.6 is 0 Å². The molecular formula is C13H10F2O2. The summed E-state index contributed by atoms with van der Waals surface area (Å²) >= 11 is 0. The Morgan fingerprint density at radius 1 is 1.24 bits per heavy atom. The highest BCUT2D eigenvalue weighted by molar-refractivity contribution is 6.09. The molecule has 1 aromatic carbocycles. The molecule has 0 aliphatic carbocycles. The van der Waals surface area contributed by atoms with Crippen LogP contribution in [0.3, 0.4) is 0 Å². The van der Waals surface area contributed by atoms with Crippen LogP contribution in [0.25, 0.3) is 0 Å². The number of benzene rings is 1. The lowest BCUT2D eigenvalue weighted by Gasteiger charge is -2.01. The quantitative estimate of drug-likeness (QED) is 0.765. The molecule has 88 valence electrons. The Morgan fingerprint density at radius 2 is 2.00 bits per heavy atom. The number of aryl methyl sites for hydroxylation is 1. The van der Waals surface area contributed by atoms with Gasteiger partial charge in [-0.05, 0) is 24.3 Å². The van der Waals surface area contributed by atoms with Gasteiger partial charge in [0.25, 0.3) is 0 Å². The number of halogens is 2. The minimum absolute atomic E-state index is 0.111. The van der Waals surface area contributed by atoms with Crippen LogP contribution in [0, 0.1) is 11.6 Å². The predicted octanol–water partition coefficient (Wildman–Crippen LogP) is 3.35. The van der Waals surface area contributed by atoms with E-state index in [1.807, 2.05) is 6.92 Å². The minimum atomic E-state index is -1.03. The van der Waals surface area contributed by atoms with Crippen molar-refractivity contribution < 1.29 is 18.0 Å².